The van der Waals surface area contributed by atoms with Crippen molar-refractivity contribution in [2.45, 2.75) is 97.7 Å². The normalized spacial score (nSPS) is 24.3. The topological polar surface area (TPSA) is 9.23 Å². The molecular formula is C25H42OSi. The van der Waals surface area contributed by atoms with E-state index in [1.807, 2.05) is 0 Å². The Labute approximate surface area is 169 Å². The summed E-state index contributed by atoms with van der Waals surface area (Å²) in [4.78, 5) is 0. The third kappa shape index (κ3) is 8.68. The smallest absolute Gasteiger partial charge is 0.241 e. The van der Waals surface area contributed by atoms with Gasteiger partial charge in [0.2, 0.25) is 8.32 Å². The maximum absolute atomic E-state index is 6.24. The van der Waals surface area contributed by atoms with Gasteiger partial charge < -0.3 is 4.43 Å². The van der Waals surface area contributed by atoms with Gasteiger partial charge in [-0.1, -0.05) is 35.5 Å². The third-order valence-electron chi connectivity index (χ3n) is 5.93. The molecule has 2 aliphatic carbocycles. The van der Waals surface area contributed by atoms with E-state index in [-0.39, 0.29) is 0 Å². The van der Waals surface area contributed by atoms with Crippen molar-refractivity contribution in [2.75, 3.05) is 0 Å². The van der Waals surface area contributed by atoms with Gasteiger partial charge in [0.15, 0.2) is 0 Å². The summed E-state index contributed by atoms with van der Waals surface area (Å²) in [7, 11) is -1.45. The molecule has 0 aliphatic heterocycles. The largest absolute Gasteiger partial charge is 0.548 e. The standard InChI is InChI=1S/C25H42OSi/c1-20(2)24-17-15-22(16-18-24)10-7-9-21(3)13-14-23-11-8-12-25(19-23)26-27(4,5)6/h9,15,19,23-24H,1,7-8,10-14,16-18H2,2-6H3/b21-9+/t23?,24-/m1/s1. The van der Waals surface area contributed by atoms with Gasteiger partial charge in [-0.25, -0.2) is 0 Å². The first kappa shape index (κ1) is 22.3. The predicted molar refractivity (Wildman–Crippen MR) is 122 cm³/mol. The van der Waals surface area contributed by atoms with Crippen LogP contribution in [-0.2, 0) is 4.43 Å². The summed E-state index contributed by atoms with van der Waals surface area (Å²) in [6.45, 7) is 15.5. The molecule has 0 heterocycles. The van der Waals surface area contributed by atoms with Gasteiger partial charge in [0.05, 0.1) is 5.76 Å². The zero-order chi connectivity index (χ0) is 19.9. The molecule has 0 saturated carbocycles. The Kier molecular flexibility index (Phi) is 8.66. The van der Waals surface area contributed by atoms with Crippen molar-refractivity contribution in [1.82, 2.24) is 0 Å². The van der Waals surface area contributed by atoms with E-state index in [0.717, 1.165) is 12.3 Å². The van der Waals surface area contributed by atoms with Crippen LogP contribution in [0.25, 0.3) is 0 Å². The van der Waals surface area contributed by atoms with E-state index in [0.29, 0.717) is 5.92 Å². The molecule has 0 fully saturated rings. The molecule has 152 valence electrons. The Hall–Kier alpha value is -1.02. The summed E-state index contributed by atoms with van der Waals surface area (Å²) in [5, 5.41) is 0. The molecule has 0 N–H and O–H groups in total. The number of allylic oxidation sites excluding steroid dienone is 7. The second kappa shape index (κ2) is 10.5. The molecule has 27 heavy (non-hydrogen) atoms. The number of hydrogen-bond donors (Lipinski definition) is 0. The van der Waals surface area contributed by atoms with Crippen LogP contribution in [0.3, 0.4) is 0 Å². The van der Waals surface area contributed by atoms with E-state index in [9.17, 15) is 0 Å². The van der Waals surface area contributed by atoms with E-state index >= 15 is 0 Å². The Morgan fingerprint density at radius 3 is 2.63 bits per heavy atom. The molecule has 0 aromatic carbocycles. The van der Waals surface area contributed by atoms with Gasteiger partial charge in [-0.05, 0) is 109 Å². The summed E-state index contributed by atoms with van der Waals surface area (Å²) in [5.41, 5.74) is 4.59. The first-order valence-corrected chi connectivity index (χ1v) is 14.5. The summed E-state index contributed by atoms with van der Waals surface area (Å²) in [6, 6.07) is 0. The summed E-state index contributed by atoms with van der Waals surface area (Å²) in [6.07, 6.45) is 20.0. The molecule has 0 saturated heterocycles. The average Bonchev–Trinajstić information content (AvgIpc) is 2.59. The molecule has 0 spiro atoms. The SMILES string of the molecule is C=C(C)[C@@H]1CC=C(CC/C=C(\C)CCC2C=C(O[Si](C)(C)C)CCC2)CC1. The van der Waals surface area contributed by atoms with Crippen LogP contribution in [0.5, 0.6) is 0 Å². The van der Waals surface area contributed by atoms with Crippen LogP contribution in [0.4, 0.5) is 0 Å². The van der Waals surface area contributed by atoms with Gasteiger partial charge >= 0.3 is 0 Å². The van der Waals surface area contributed by atoms with Gasteiger partial charge in [-0.3, -0.25) is 0 Å². The Morgan fingerprint density at radius 1 is 1.22 bits per heavy atom. The fourth-order valence-corrected chi connectivity index (χ4v) is 5.21. The minimum Gasteiger partial charge on any atom is -0.548 e. The van der Waals surface area contributed by atoms with Crippen molar-refractivity contribution in [1.29, 1.82) is 0 Å². The highest BCUT2D eigenvalue weighted by molar-refractivity contribution is 6.70. The maximum atomic E-state index is 6.24. The van der Waals surface area contributed by atoms with Crippen molar-refractivity contribution in [2.24, 2.45) is 11.8 Å². The molecule has 0 aromatic heterocycles. The number of hydrogen-bond acceptors (Lipinski definition) is 1. The van der Waals surface area contributed by atoms with Crippen molar-refractivity contribution >= 4 is 8.32 Å². The monoisotopic (exact) mass is 386 g/mol. The van der Waals surface area contributed by atoms with Gasteiger partial charge in [0.1, 0.15) is 0 Å². The van der Waals surface area contributed by atoms with E-state index in [2.05, 4.69) is 58.3 Å². The summed E-state index contributed by atoms with van der Waals surface area (Å²) < 4.78 is 6.24. The zero-order valence-corrected chi connectivity index (χ0v) is 19.6. The van der Waals surface area contributed by atoms with Crippen molar-refractivity contribution < 1.29 is 4.43 Å². The van der Waals surface area contributed by atoms with Crippen LogP contribution >= 0.6 is 0 Å². The Morgan fingerprint density at radius 2 is 2.00 bits per heavy atom. The van der Waals surface area contributed by atoms with E-state index in [1.165, 1.54) is 69.1 Å². The molecule has 0 radical (unpaired) electrons. The Bertz CT molecular complexity index is 588. The minimum absolute atomic E-state index is 0.716. The second-order valence-electron chi connectivity index (χ2n) is 9.81. The van der Waals surface area contributed by atoms with Gasteiger partial charge in [-0.15, -0.1) is 0 Å². The molecule has 2 rings (SSSR count). The lowest BCUT2D eigenvalue weighted by molar-refractivity contribution is 0.352. The molecule has 2 atom stereocenters. The van der Waals surface area contributed by atoms with E-state index < -0.39 is 8.32 Å². The molecular weight excluding hydrogens is 344 g/mol. The van der Waals surface area contributed by atoms with Crippen LogP contribution < -0.4 is 0 Å². The average molecular weight is 387 g/mol. The maximum Gasteiger partial charge on any atom is 0.241 e. The van der Waals surface area contributed by atoms with Crippen LogP contribution in [-0.4, -0.2) is 8.32 Å². The van der Waals surface area contributed by atoms with E-state index in [1.54, 1.807) is 11.1 Å². The van der Waals surface area contributed by atoms with E-state index in [4.69, 9.17) is 4.43 Å². The first-order valence-electron chi connectivity index (χ1n) is 11.1. The summed E-state index contributed by atoms with van der Waals surface area (Å²) in [5.74, 6) is 2.72. The fraction of sp³-hybridized carbons (Fsp3) is 0.680. The van der Waals surface area contributed by atoms with Gasteiger partial charge in [-0.2, -0.15) is 0 Å². The highest BCUT2D eigenvalue weighted by Crippen LogP contribution is 2.31. The van der Waals surface area contributed by atoms with Crippen LogP contribution in [0.2, 0.25) is 19.6 Å². The molecule has 0 aromatic rings. The first-order chi connectivity index (χ1) is 12.7. The third-order valence-corrected chi connectivity index (χ3v) is 6.80. The lowest BCUT2D eigenvalue weighted by atomic mass is 9.84. The minimum atomic E-state index is -1.45. The lowest BCUT2D eigenvalue weighted by Crippen LogP contribution is -2.26. The lowest BCUT2D eigenvalue weighted by Gasteiger charge is -2.27. The van der Waals surface area contributed by atoms with Crippen molar-refractivity contribution in [3.05, 3.63) is 47.3 Å². The molecule has 0 bridgehead atoms. The molecule has 1 unspecified atom stereocenters. The molecule has 0 amide bonds. The highest BCUT2D eigenvalue weighted by atomic mass is 28.4. The Balaban J connectivity index is 1.71. The second-order valence-corrected chi connectivity index (χ2v) is 14.2. The molecule has 1 nitrogen and oxygen atoms in total. The van der Waals surface area contributed by atoms with Crippen LogP contribution in [0, 0.1) is 11.8 Å². The summed E-state index contributed by atoms with van der Waals surface area (Å²) >= 11 is 0. The van der Waals surface area contributed by atoms with Crippen molar-refractivity contribution in [3.63, 3.8) is 0 Å². The zero-order valence-electron chi connectivity index (χ0n) is 18.6. The number of rotatable bonds is 9. The fourth-order valence-electron chi connectivity index (χ4n) is 4.26. The van der Waals surface area contributed by atoms with Crippen LogP contribution in [0.1, 0.15) is 78.1 Å². The predicted octanol–water partition coefficient (Wildman–Crippen LogP) is 8.33. The molecule has 2 heteroatoms. The van der Waals surface area contributed by atoms with Crippen LogP contribution in [0.15, 0.2) is 47.3 Å². The van der Waals surface area contributed by atoms with Crippen molar-refractivity contribution in [3.8, 4) is 0 Å². The quantitative estimate of drug-likeness (QED) is 0.286. The highest BCUT2D eigenvalue weighted by Gasteiger charge is 2.21. The van der Waals surface area contributed by atoms with Gasteiger partial charge in [0, 0.05) is 6.42 Å². The molecule has 2 aliphatic rings. The van der Waals surface area contributed by atoms with Gasteiger partial charge in [0.25, 0.3) is 0 Å².